The number of carbonyl (C=O) groups is 1. The zero-order valence-corrected chi connectivity index (χ0v) is 22.3. The van der Waals surface area contributed by atoms with Crippen molar-refractivity contribution in [1.82, 2.24) is 5.01 Å². The third kappa shape index (κ3) is 4.96. The summed E-state index contributed by atoms with van der Waals surface area (Å²) in [4.78, 5) is 13.3. The third-order valence-electron chi connectivity index (χ3n) is 10.8. The van der Waals surface area contributed by atoms with Gasteiger partial charge in [0.15, 0.2) is 5.78 Å². The van der Waals surface area contributed by atoms with Gasteiger partial charge in [0, 0.05) is 12.5 Å². The Labute approximate surface area is 217 Å². The van der Waals surface area contributed by atoms with Crippen LogP contribution in [0.25, 0.3) is 0 Å². The molecule has 0 aromatic heterocycles. The summed E-state index contributed by atoms with van der Waals surface area (Å²) in [5, 5.41) is 5.07. The van der Waals surface area contributed by atoms with Crippen LogP contribution in [0.4, 0.5) is 0 Å². The van der Waals surface area contributed by atoms with E-state index in [1.165, 1.54) is 61.9 Å². The summed E-state index contributed by atoms with van der Waals surface area (Å²) in [7, 11) is 0. The van der Waals surface area contributed by atoms with Gasteiger partial charge in [0.1, 0.15) is 5.84 Å². The zero-order valence-electron chi connectivity index (χ0n) is 22.3. The van der Waals surface area contributed by atoms with Crippen molar-refractivity contribution >= 4 is 11.6 Å². The van der Waals surface area contributed by atoms with E-state index in [2.05, 4.69) is 42.4 Å². The lowest BCUT2D eigenvalue weighted by Gasteiger charge is -2.56. The summed E-state index contributed by atoms with van der Waals surface area (Å²) in [6.45, 7) is 6.02. The lowest BCUT2D eigenvalue weighted by atomic mass is 9.49. The second kappa shape index (κ2) is 10.8. The third-order valence-corrected chi connectivity index (χ3v) is 10.8. The molecule has 0 aliphatic heterocycles. The first-order valence-corrected chi connectivity index (χ1v) is 14.3. The maximum absolute atomic E-state index is 13.3. The summed E-state index contributed by atoms with van der Waals surface area (Å²) < 4.78 is 6.14. The summed E-state index contributed by atoms with van der Waals surface area (Å²) in [6, 6.07) is 10.5. The molecule has 8 unspecified atom stereocenters. The number of carbonyl (C=O) groups excluding carboxylic acids is 1. The highest BCUT2D eigenvalue weighted by molar-refractivity contribution is 5.89. The van der Waals surface area contributed by atoms with E-state index in [0.29, 0.717) is 17.7 Å². The van der Waals surface area contributed by atoms with Crippen molar-refractivity contribution in [1.29, 1.82) is 0 Å². The minimum absolute atomic E-state index is 0.121. The molecule has 4 N–H and O–H groups in total. The van der Waals surface area contributed by atoms with Gasteiger partial charge in [-0.1, -0.05) is 37.3 Å². The molecule has 0 spiro atoms. The summed E-state index contributed by atoms with van der Waals surface area (Å²) in [5.74, 6) is 17.1. The van der Waals surface area contributed by atoms with Crippen LogP contribution in [0.5, 0.6) is 0 Å². The average Bonchev–Trinajstić information content (AvgIpc) is 3.25. The fraction of sp³-hybridized carbons (Fsp3) is 0.733. The van der Waals surface area contributed by atoms with Crippen LogP contribution in [-0.4, -0.2) is 29.8 Å². The predicted octanol–water partition coefficient (Wildman–Crippen LogP) is 5.13. The Hall–Kier alpha value is -1.92. The Kier molecular flexibility index (Phi) is 7.73. The van der Waals surface area contributed by atoms with Crippen LogP contribution in [-0.2, 0) is 16.1 Å². The van der Waals surface area contributed by atoms with Gasteiger partial charge in [-0.3, -0.25) is 9.80 Å². The highest BCUT2D eigenvalue weighted by Crippen LogP contribution is 2.64. The van der Waals surface area contributed by atoms with E-state index in [-0.39, 0.29) is 23.7 Å². The number of hydrazine groups is 1. The normalized spacial score (nSPS) is 38.1. The number of hydrazone groups is 1. The maximum atomic E-state index is 13.3. The Morgan fingerprint density at radius 3 is 2.61 bits per heavy atom. The van der Waals surface area contributed by atoms with E-state index >= 15 is 0 Å². The van der Waals surface area contributed by atoms with Gasteiger partial charge in [0.05, 0.1) is 13.2 Å². The topological polar surface area (TPSA) is 93.9 Å². The molecule has 0 bridgehead atoms. The average molecular weight is 495 g/mol. The minimum atomic E-state index is 0.121. The van der Waals surface area contributed by atoms with Gasteiger partial charge in [0.2, 0.25) is 0 Å². The van der Waals surface area contributed by atoms with Crippen molar-refractivity contribution in [2.24, 2.45) is 63.6 Å². The second-order valence-corrected chi connectivity index (χ2v) is 12.6. The molecule has 0 saturated heterocycles. The molecule has 6 heteroatoms. The lowest BCUT2D eigenvalue weighted by molar-refractivity contribution is -0.131. The van der Waals surface area contributed by atoms with Crippen molar-refractivity contribution in [2.45, 2.75) is 78.2 Å². The molecule has 4 saturated carbocycles. The lowest BCUT2D eigenvalue weighted by Crippen LogP contribution is -2.50. The number of fused-ring (bicyclic) bond motifs is 5. The smallest absolute Gasteiger partial charge is 0.157 e. The van der Waals surface area contributed by atoms with Crippen LogP contribution in [0, 0.1) is 46.8 Å². The van der Waals surface area contributed by atoms with Crippen molar-refractivity contribution in [3.63, 3.8) is 0 Å². The van der Waals surface area contributed by atoms with Gasteiger partial charge in [-0.25, -0.2) is 5.84 Å². The predicted molar refractivity (Wildman–Crippen MR) is 143 cm³/mol. The largest absolute Gasteiger partial charge is 0.376 e. The zero-order chi connectivity index (χ0) is 25.3. The quantitative estimate of drug-likeness (QED) is 0.237. The fourth-order valence-electron chi connectivity index (χ4n) is 9.02. The van der Waals surface area contributed by atoms with Crippen molar-refractivity contribution in [3.8, 4) is 0 Å². The van der Waals surface area contributed by atoms with E-state index in [1.54, 1.807) is 6.92 Å². The van der Waals surface area contributed by atoms with Crippen LogP contribution < -0.4 is 11.7 Å². The number of nitrogens with zero attached hydrogens (tertiary/aromatic N) is 2. The molecule has 4 aliphatic carbocycles. The highest BCUT2D eigenvalue weighted by Gasteiger charge is 2.58. The number of nitrogens with two attached hydrogens (primary N) is 2. The molecule has 4 fully saturated rings. The molecule has 0 radical (unpaired) electrons. The van der Waals surface area contributed by atoms with Crippen molar-refractivity contribution < 1.29 is 9.53 Å². The second-order valence-electron chi connectivity index (χ2n) is 12.6. The van der Waals surface area contributed by atoms with Crippen LogP contribution in [0.3, 0.4) is 0 Å². The number of ketones is 1. The number of hydrogen-bond donors (Lipinski definition) is 2. The molecule has 1 aromatic carbocycles. The molecule has 1 aromatic rings. The molecular formula is C30H46N4O2. The molecule has 36 heavy (non-hydrogen) atoms. The van der Waals surface area contributed by atoms with Crippen LogP contribution in [0.2, 0.25) is 0 Å². The SMILES string of the molecule is C/C(=N/N)N(N)CC(=O)C1CCC2C3CCC4CC(COCc5ccccc5)CCC4C3CCC12C. The maximum Gasteiger partial charge on any atom is 0.157 e. The molecule has 0 amide bonds. The van der Waals surface area contributed by atoms with Crippen molar-refractivity contribution in [2.75, 3.05) is 13.2 Å². The monoisotopic (exact) mass is 494 g/mol. The number of benzene rings is 1. The van der Waals surface area contributed by atoms with Gasteiger partial charge >= 0.3 is 0 Å². The molecule has 4 aliphatic rings. The number of rotatable bonds is 7. The van der Waals surface area contributed by atoms with Gasteiger partial charge in [-0.15, -0.1) is 0 Å². The fourth-order valence-corrected chi connectivity index (χ4v) is 9.02. The van der Waals surface area contributed by atoms with Gasteiger partial charge in [-0.2, -0.15) is 5.10 Å². The summed E-state index contributed by atoms with van der Waals surface area (Å²) >= 11 is 0. The Morgan fingerprint density at radius 2 is 1.83 bits per heavy atom. The first kappa shape index (κ1) is 25.7. The van der Waals surface area contributed by atoms with E-state index < -0.39 is 0 Å². The first-order chi connectivity index (χ1) is 17.4. The molecule has 0 heterocycles. The molecule has 5 rings (SSSR count). The molecular weight excluding hydrogens is 448 g/mol. The molecule has 6 nitrogen and oxygen atoms in total. The summed E-state index contributed by atoms with van der Waals surface area (Å²) in [6.07, 6.45) is 11.5. The number of hydrogen-bond acceptors (Lipinski definition) is 5. The number of ether oxygens (including phenoxy) is 1. The van der Waals surface area contributed by atoms with Gasteiger partial charge in [-0.05, 0) is 111 Å². The standard InChI is InChI=1S/C30H46N4O2/c1-20(33-31)34(32)17-29(35)28-13-12-27-26-11-9-23-16-22(19-36-18-21-6-4-3-5-7-21)8-10-24(23)25(26)14-15-30(27,28)2/h3-7,22-28H,8-19,31-32H2,1-2H3/b33-20-. The first-order valence-electron chi connectivity index (χ1n) is 14.3. The minimum Gasteiger partial charge on any atom is -0.376 e. The summed E-state index contributed by atoms with van der Waals surface area (Å²) in [5.41, 5.74) is 1.40. The molecule has 198 valence electrons. The Balaban J connectivity index is 1.16. The van der Waals surface area contributed by atoms with Crippen LogP contribution >= 0.6 is 0 Å². The van der Waals surface area contributed by atoms with E-state index in [1.807, 2.05) is 0 Å². The Morgan fingerprint density at radius 1 is 1.06 bits per heavy atom. The number of Topliss-reactive ketones (excluding diaryl/α,β-unsaturated/α-hetero) is 1. The van der Waals surface area contributed by atoms with Crippen molar-refractivity contribution in [3.05, 3.63) is 35.9 Å². The van der Waals surface area contributed by atoms with Gasteiger partial charge in [0.25, 0.3) is 0 Å². The van der Waals surface area contributed by atoms with Crippen LogP contribution in [0.1, 0.15) is 77.2 Å². The Bertz CT molecular complexity index is 936. The van der Waals surface area contributed by atoms with E-state index in [0.717, 1.165) is 43.3 Å². The van der Waals surface area contributed by atoms with E-state index in [4.69, 9.17) is 16.4 Å². The molecule has 8 atom stereocenters. The van der Waals surface area contributed by atoms with E-state index in [9.17, 15) is 4.79 Å². The van der Waals surface area contributed by atoms with Gasteiger partial charge < -0.3 is 10.6 Å². The number of amidine groups is 1. The van der Waals surface area contributed by atoms with Crippen LogP contribution in [0.15, 0.2) is 35.4 Å². The highest BCUT2D eigenvalue weighted by atomic mass is 16.5.